The second-order valence-corrected chi connectivity index (χ2v) is 5.53. The van der Waals surface area contributed by atoms with Crippen molar-refractivity contribution in [2.75, 3.05) is 0 Å². The van der Waals surface area contributed by atoms with Crippen molar-refractivity contribution in [1.29, 1.82) is 0 Å². The third-order valence-electron chi connectivity index (χ3n) is 3.26. The predicted molar refractivity (Wildman–Crippen MR) is 77.8 cm³/mol. The molecule has 0 heterocycles. The van der Waals surface area contributed by atoms with Crippen molar-refractivity contribution in [2.24, 2.45) is 0 Å². The van der Waals surface area contributed by atoms with Crippen LogP contribution in [0.5, 0.6) is 0 Å². The molecule has 1 rings (SSSR count). The summed E-state index contributed by atoms with van der Waals surface area (Å²) >= 11 is 6.03. The minimum absolute atomic E-state index is 0.123. The highest BCUT2D eigenvalue weighted by atomic mass is 35.5. The maximum Gasteiger partial charge on any atom is 0.0557 e. The van der Waals surface area contributed by atoms with Gasteiger partial charge in [0.25, 0.3) is 0 Å². The Morgan fingerprint density at radius 2 is 1.53 bits per heavy atom. The monoisotopic (exact) mass is 252 g/mol. The average Bonchev–Trinajstić information content (AvgIpc) is 2.34. The molecule has 0 saturated heterocycles. The van der Waals surface area contributed by atoms with E-state index in [1.807, 2.05) is 6.92 Å². The number of alkyl halides is 1. The smallest absolute Gasteiger partial charge is 0.0557 e. The first-order valence-electron chi connectivity index (χ1n) is 6.97. The van der Waals surface area contributed by atoms with Gasteiger partial charge in [-0.3, -0.25) is 0 Å². The molecule has 0 aliphatic heterocycles. The van der Waals surface area contributed by atoms with E-state index in [0.717, 1.165) is 0 Å². The average molecular weight is 253 g/mol. The van der Waals surface area contributed by atoms with Crippen molar-refractivity contribution in [2.45, 2.75) is 64.2 Å². The fourth-order valence-electron chi connectivity index (χ4n) is 2.06. The zero-order valence-corrected chi connectivity index (χ0v) is 12.0. The van der Waals surface area contributed by atoms with Crippen molar-refractivity contribution in [3.8, 4) is 0 Å². The third kappa shape index (κ3) is 6.12. The number of hydrogen-bond donors (Lipinski definition) is 0. The largest absolute Gasteiger partial charge is 0.118 e. The van der Waals surface area contributed by atoms with E-state index in [2.05, 4.69) is 31.2 Å². The lowest BCUT2D eigenvalue weighted by atomic mass is 10.0. The Bertz CT molecular complexity index is 287. The van der Waals surface area contributed by atoms with Gasteiger partial charge in [0.2, 0.25) is 0 Å². The summed E-state index contributed by atoms with van der Waals surface area (Å²) in [4.78, 5) is 0. The molecule has 0 saturated carbocycles. The maximum atomic E-state index is 6.03. The van der Waals surface area contributed by atoms with Gasteiger partial charge in [-0.05, 0) is 30.9 Å². The highest BCUT2D eigenvalue weighted by Gasteiger charge is 2.00. The quantitative estimate of drug-likeness (QED) is 0.400. The molecular formula is C16H25Cl. The summed E-state index contributed by atoms with van der Waals surface area (Å²) < 4.78 is 0. The summed E-state index contributed by atoms with van der Waals surface area (Å²) in [5.74, 6) is 0. The lowest BCUT2D eigenvalue weighted by Crippen LogP contribution is -1.89. The molecule has 0 spiro atoms. The fraction of sp³-hybridized carbons (Fsp3) is 0.625. The highest BCUT2D eigenvalue weighted by Crippen LogP contribution is 2.20. The molecule has 0 bridgehead atoms. The molecule has 1 heteroatoms. The molecule has 0 nitrogen and oxygen atoms in total. The second kappa shape index (κ2) is 8.58. The van der Waals surface area contributed by atoms with Crippen molar-refractivity contribution < 1.29 is 0 Å². The molecule has 0 aliphatic rings. The molecule has 1 unspecified atom stereocenters. The van der Waals surface area contributed by atoms with Crippen LogP contribution < -0.4 is 0 Å². The number of hydrogen-bond acceptors (Lipinski definition) is 0. The number of halogens is 1. The van der Waals surface area contributed by atoms with E-state index in [-0.39, 0.29) is 5.38 Å². The molecular weight excluding hydrogens is 228 g/mol. The molecule has 0 fully saturated rings. The van der Waals surface area contributed by atoms with Crippen LogP contribution in [-0.4, -0.2) is 0 Å². The molecule has 0 aliphatic carbocycles. The normalized spacial score (nSPS) is 12.6. The molecule has 0 N–H and O–H groups in total. The standard InChI is InChI=1S/C16H25Cl/c1-3-4-5-6-7-8-9-15-10-12-16(13-11-15)14(2)17/h10-14H,3-9H2,1-2H3. The van der Waals surface area contributed by atoms with Gasteiger partial charge in [0.15, 0.2) is 0 Å². The van der Waals surface area contributed by atoms with Crippen LogP contribution >= 0.6 is 11.6 Å². The first kappa shape index (κ1) is 14.6. The summed E-state index contributed by atoms with van der Waals surface area (Å²) in [6, 6.07) is 8.76. The second-order valence-electron chi connectivity index (χ2n) is 4.88. The third-order valence-corrected chi connectivity index (χ3v) is 3.51. The van der Waals surface area contributed by atoms with E-state index >= 15 is 0 Å². The fourth-order valence-corrected chi connectivity index (χ4v) is 2.20. The molecule has 0 radical (unpaired) electrons. The van der Waals surface area contributed by atoms with Gasteiger partial charge >= 0.3 is 0 Å². The lowest BCUT2D eigenvalue weighted by molar-refractivity contribution is 0.607. The van der Waals surface area contributed by atoms with Gasteiger partial charge in [-0.15, -0.1) is 11.6 Å². The summed E-state index contributed by atoms with van der Waals surface area (Å²) in [6.07, 6.45) is 9.42. The van der Waals surface area contributed by atoms with Crippen LogP contribution in [0.15, 0.2) is 24.3 Å². The Hall–Kier alpha value is -0.490. The van der Waals surface area contributed by atoms with E-state index in [1.165, 1.54) is 56.1 Å². The Kier molecular flexibility index (Phi) is 7.35. The SMILES string of the molecule is CCCCCCCCc1ccc(C(C)Cl)cc1. The topological polar surface area (TPSA) is 0 Å². The molecule has 1 aromatic carbocycles. The van der Waals surface area contributed by atoms with Crippen molar-refractivity contribution in [3.63, 3.8) is 0 Å². The Morgan fingerprint density at radius 1 is 0.941 bits per heavy atom. The first-order chi connectivity index (χ1) is 8.24. The van der Waals surface area contributed by atoms with Gasteiger partial charge in [-0.1, -0.05) is 63.3 Å². The number of unbranched alkanes of at least 4 members (excludes halogenated alkanes) is 5. The molecule has 0 amide bonds. The van der Waals surface area contributed by atoms with Gasteiger partial charge in [-0.25, -0.2) is 0 Å². The predicted octanol–water partition coefficient (Wildman–Crippen LogP) is 5.89. The van der Waals surface area contributed by atoms with E-state index in [4.69, 9.17) is 11.6 Å². The summed E-state index contributed by atoms with van der Waals surface area (Å²) in [5, 5.41) is 0.123. The van der Waals surface area contributed by atoms with Crippen LogP contribution in [-0.2, 0) is 6.42 Å². The van der Waals surface area contributed by atoms with Crippen LogP contribution in [0.1, 0.15) is 68.9 Å². The van der Waals surface area contributed by atoms with Gasteiger partial charge in [-0.2, -0.15) is 0 Å². The van der Waals surface area contributed by atoms with Crippen LogP contribution in [0.25, 0.3) is 0 Å². The molecule has 96 valence electrons. The Morgan fingerprint density at radius 3 is 2.12 bits per heavy atom. The van der Waals surface area contributed by atoms with Gasteiger partial charge in [0.05, 0.1) is 5.38 Å². The summed E-state index contributed by atoms with van der Waals surface area (Å²) in [7, 11) is 0. The maximum absolute atomic E-state index is 6.03. The Labute approximate surface area is 111 Å². The number of rotatable bonds is 8. The molecule has 1 aromatic rings. The van der Waals surface area contributed by atoms with Crippen molar-refractivity contribution >= 4 is 11.6 Å². The van der Waals surface area contributed by atoms with Crippen LogP contribution in [0.3, 0.4) is 0 Å². The van der Waals surface area contributed by atoms with Crippen LogP contribution in [0.2, 0.25) is 0 Å². The van der Waals surface area contributed by atoms with E-state index in [9.17, 15) is 0 Å². The summed E-state index contributed by atoms with van der Waals surface area (Å²) in [5.41, 5.74) is 2.67. The van der Waals surface area contributed by atoms with E-state index in [0.29, 0.717) is 0 Å². The first-order valence-corrected chi connectivity index (χ1v) is 7.40. The Balaban J connectivity index is 2.19. The minimum atomic E-state index is 0.123. The van der Waals surface area contributed by atoms with Gasteiger partial charge in [0, 0.05) is 0 Å². The van der Waals surface area contributed by atoms with E-state index in [1.54, 1.807) is 0 Å². The number of benzene rings is 1. The van der Waals surface area contributed by atoms with E-state index < -0.39 is 0 Å². The van der Waals surface area contributed by atoms with Crippen molar-refractivity contribution in [3.05, 3.63) is 35.4 Å². The zero-order valence-electron chi connectivity index (χ0n) is 11.2. The molecule has 0 aromatic heterocycles. The minimum Gasteiger partial charge on any atom is -0.118 e. The zero-order chi connectivity index (χ0) is 12.5. The molecule has 17 heavy (non-hydrogen) atoms. The summed E-state index contributed by atoms with van der Waals surface area (Å²) in [6.45, 7) is 4.28. The number of aryl methyl sites for hydroxylation is 1. The van der Waals surface area contributed by atoms with Gasteiger partial charge < -0.3 is 0 Å². The van der Waals surface area contributed by atoms with Gasteiger partial charge in [0.1, 0.15) is 0 Å². The van der Waals surface area contributed by atoms with Crippen LogP contribution in [0, 0.1) is 0 Å². The van der Waals surface area contributed by atoms with Crippen molar-refractivity contribution in [1.82, 2.24) is 0 Å². The molecule has 1 atom stereocenters. The van der Waals surface area contributed by atoms with Crippen LogP contribution in [0.4, 0.5) is 0 Å². The highest BCUT2D eigenvalue weighted by molar-refractivity contribution is 6.20. The lowest BCUT2D eigenvalue weighted by Gasteiger charge is -2.05.